The molecule has 17 heavy (non-hydrogen) atoms. The summed E-state index contributed by atoms with van der Waals surface area (Å²) in [6.07, 6.45) is 3.06. The molecule has 0 aliphatic rings. The van der Waals surface area contributed by atoms with Gasteiger partial charge in [-0.25, -0.2) is 15.6 Å². The molecule has 0 saturated carbocycles. The van der Waals surface area contributed by atoms with Gasteiger partial charge in [0.05, 0.1) is 11.0 Å². The van der Waals surface area contributed by atoms with Crippen molar-refractivity contribution in [3.05, 3.63) is 42.6 Å². The third kappa shape index (κ3) is 2.62. The lowest BCUT2D eigenvalue weighted by Gasteiger charge is -2.02. The van der Waals surface area contributed by atoms with Gasteiger partial charge in [-0.05, 0) is 15.9 Å². The second kappa shape index (κ2) is 4.82. The number of nitrogens with zero attached hydrogens (tertiary/aromatic N) is 2. The Hall–Kier alpha value is -1.45. The molecule has 2 heterocycles. The Balaban J connectivity index is 2.33. The van der Waals surface area contributed by atoms with Gasteiger partial charge in [-0.15, -0.1) is 0 Å². The lowest BCUT2D eigenvalue weighted by atomic mass is 10.5. The first-order chi connectivity index (χ1) is 8.10. The molecular weight excluding hydrogens is 310 g/mol. The Morgan fingerprint density at radius 3 is 3.00 bits per heavy atom. The van der Waals surface area contributed by atoms with Crippen LogP contribution in [0.15, 0.2) is 26.5 Å². The maximum Gasteiger partial charge on any atom is 0.328 e. The number of thiazole rings is 1. The average Bonchev–Trinajstić information content (AvgIpc) is 2.73. The van der Waals surface area contributed by atoms with Gasteiger partial charge in [-0.1, -0.05) is 11.3 Å². The Kier molecular flexibility index (Phi) is 3.41. The van der Waals surface area contributed by atoms with E-state index in [4.69, 9.17) is 5.84 Å². The van der Waals surface area contributed by atoms with Gasteiger partial charge < -0.3 is 0 Å². The van der Waals surface area contributed by atoms with E-state index in [1.807, 2.05) is 0 Å². The summed E-state index contributed by atoms with van der Waals surface area (Å²) >= 11 is 4.40. The largest absolute Gasteiger partial charge is 0.328 e. The van der Waals surface area contributed by atoms with Crippen molar-refractivity contribution >= 4 is 32.4 Å². The van der Waals surface area contributed by atoms with Crippen LogP contribution in [0.5, 0.6) is 0 Å². The van der Waals surface area contributed by atoms with Gasteiger partial charge in [0, 0.05) is 17.3 Å². The minimum atomic E-state index is -0.464. The molecule has 9 heteroatoms. The van der Waals surface area contributed by atoms with Gasteiger partial charge in [0.25, 0.3) is 5.56 Å². The lowest BCUT2D eigenvalue weighted by Crippen LogP contribution is -2.29. The SMILES string of the molecule is NNc1ncc(Cn2cc(Br)c(=O)[nH]c2=O)s1. The number of hydrogen-bond acceptors (Lipinski definition) is 6. The summed E-state index contributed by atoms with van der Waals surface area (Å²) in [4.78, 5) is 29.7. The number of nitrogens with one attached hydrogen (secondary N) is 2. The molecule has 2 aromatic rings. The highest BCUT2D eigenvalue weighted by Gasteiger charge is 2.05. The fraction of sp³-hybridized carbons (Fsp3) is 0.125. The molecule has 0 fully saturated rings. The van der Waals surface area contributed by atoms with E-state index in [0.717, 1.165) is 4.88 Å². The Morgan fingerprint density at radius 2 is 2.35 bits per heavy atom. The molecule has 0 bridgehead atoms. The van der Waals surface area contributed by atoms with E-state index in [0.29, 0.717) is 16.1 Å². The summed E-state index contributed by atoms with van der Waals surface area (Å²) in [7, 11) is 0. The van der Waals surface area contributed by atoms with Crippen LogP contribution in [0.4, 0.5) is 5.13 Å². The number of aromatic nitrogens is 3. The van der Waals surface area contributed by atoms with E-state index in [1.54, 1.807) is 6.20 Å². The predicted octanol–water partition coefficient (Wildman–Crippen LogP) is 0.0895. The van der Waals surface area contributed by atoms with Gasteiger partial charge in [-0.3, -0.25) is 19.8 Å². The van der Waals surface area contributed by atoms with E-state index in [2.05, 4.69) is 31.3 Å². The molecule has 0 saturated heterocycles. The van der Waals surface area contributed by atoms with E-state index in [-0.39, 0.29) is 0 Å². The number of aromatic amines is 1. The molecule has 0 spiro atoms. The second-order valence-corrected chi connectivity index (χ2v) is 5.11. The molecule has 4 N–H and O–H groups in total. The standard InChI is InChI=1S/C8H8BrN5O2S/c9-5-3-14(8(16)12-6(5)15)2-4-1-11-7(13-10)17-4/h1,3H,2,10H2,(H,11,13)(H,12,15,16). The molecule has 0 amide bonds. The van der Waals surface area contributed by atoms with Crippen molar-refractivity contribution in [3.63, 3.8) is 0 Å². The predicted molar refractivity (Wildman–Crippen MR) is 68.0 cm³/mol. The van der Waals surface area contributed by atoms with Gasteiger partial charge in [-0.2, -0.15) is 0 Å². The molecule has 0 radical (unpaired) electrons. The quantitative estimate of drug-likeness (QED) is 0.549. The van der Waals surface area contributed by atoms with Gasteiger partial charge >= 0.3 is 5.69 Å². The van der Waals surface area contributed by atoms with Gasteiger partial charge in [0.2, 0.25) is 0 Å². The first-order valence-corrected chi connectivity index (χ1v) is 6.11. The topological polar surface area (TPSA) is 106 Å². The van der Waals surface area contributed by atoms with Crippen molar-refractivity contribution in [2.75, 3.05) is 5.43 Å². The molecule has 0 aromatic carbocycles. The number of rotatable bonds is 3. The molecule has 0 aliphatic carbocycles. The number of nitrogens with two attached hydrogens (primary N) is 1. The summed E-state index contributed by atoms with van der Waals surface area (Å²) in [5.41, 5.74) is 1.51. The first-order valence-electron chi connectivity index (χ1n) is 4.50. The third-order valence-electron chi connectivity index (χ3n) is 1.97. The zero-order valence-electron chi connectivity index (χ0n) is 8.44. The lowest BCUT2D eigenvalue weighted by molar-refractivity contribution is 0.723. The van der Waals surface area contributed by atoms with Crippen LogP contribution < -0.4 is 22.5 Å². The number of hydrogen-bond donors (Lipinski definition) is 3. The molecule has 0 atom stereocenters. The molecule has 2 rings (SSSR count). The minimum Gasteiger partial charge on any atom is -0.300 e. The third-order valence-corrected chi connectivity index (χ3v) is 3.45. The van der Waals surface area contributed by atoms with E-state index in [9.17, 15) is 9.59 Å². The highest BCUT2D eigenvalue weighted by Crippen LogP contribution is 2.17. The van der Waals surface area contributed by atoms with Crippen molar-refractivity contribution in [2.45, 2.75) is 6.54 Å². The number of anilines is 1. The molecule has 90 valence electrons. The van der Waals surface area contributed by atoms with Crippen molar-refractivity contribution < 1.29 is 0 Å². The maximum atomic E-state index is 11.5. The van der Waals surface area contributed by atoms with Crippen LogP contribution in [0.25, 0.3) is 0 Å². The number of H-pyrrole nitrogens is 1. The van der Waals surface area contributed by atoms with Crippen molar-refractivity contribution in [2.24, 2.45) is 5.84 Å². The summed E-state index contributed by atoms with van der Waals surface area (Å²) in [6, 6.07) is 0. The normalized spacial score (nSPS) is 10.5. The summed E-state index contributed by atoms with van der Waals surface area (Å²) in [6.45, 7) is 0.327. The van der Waals surface area contributed by atoms with Crippen LogP contribution in [-0.4, -0.2) is 14.5 Å². The molecule has 7 nitrogen and oxygen atoms in total. The highest BCUT2D eigenvalue weighted by molar-refractivity contribution is 9.10. The van der Waals surface area contributed by atoms with Crippen LogP contribution >= 0.6 is 27.3 Å². The van der Waals surface area contributed by atoms with Crippen LogP contribution in [0.3, 0.4) is 0 Å². The van der Waals surface area contributed by atoms with Gasteiger partial charge in [0.1, 0.15) is 0 Å². The van der Waals surface area contributed by atoms with Crippen LogP contribution in [0, 0.1) is 0 Å². The zero-order valence-corrected chi connectivity index (χ0v) is 10.8. The fourth-order valence-corrected chi connectivity index (χ4v) is 2.28. The van der Waals surface area contributed by atoms with Crippen molar-refractivity contribution in [1.82, 2.24) is 14.5 Å². The van der Waals surface area contributed by atoms with Crippen LogP contribution in [0.2, 0.25) is 0 Å². The molecule has 2 aromatic heterocycles. The first kappa shape index (κ1) is 12.0. The number of hydrazine groups is 1. The highest BCUT2D eigenvalue weighted by atomic mass is 79.9. The monoisotopic (exact) mass is 317 g/mol. The van der Waals surface area contributed by atoms with Crippen LogP contribution in [0.1, 0.15) is 4.88 Å². The zero-order chi connectivity index (χ0) is 12.4. The Labute approximate surface area is 107 Å². The molecule has 0 aliphatic heterocycles. The van der Waals surface area contributed by atoms with Crippen molar-refractivity contribution in [3.8, 4) is 0 Å². The smallest absolute Gasteiger partial charge is 0.300 e. The maximum absolute atomic E-state index is 11.5. The number of halogens is 1. The summed E-state index contributed by atoms with van der Waals surface area (Å²) in [5.74, 6) is 5.20. The fourth-order valence-electron chi connectivity index (χ4n) is 1.22. The minimum absolute atomic E-state index is 0.304. The van der Waals surface area contributed by atoms with Crippen molar-refractivity contribution in [1.29, 1.82) is 0 Å². The number of nitrogen functional groups attached to an aromatic ring is 1. The summed E-state index contributed by atoms with van der Waals surface area (Å²) < 4.78 is 1.68. The van der Waals surface area contributed by atoms with E-state index in [1.165, 1.54) is 22.1 Å². The van der Waals surface area contributed by atoms with E-state index < -0.39 is 11.2 Å². The molecular formula is C8H8BrN5O2S. The molecule has 0 unspecified atom stereocenters. The van der Waals surface area contributed by atoms with Gasteiger partial charge in [0.15, 0.2) is 5.13 Å². The van der Waals surface area contributed by atoms with E-state index >= 15 is 0 Å². The Morgan fingerprint density at radius 1 is 1.59 bits per heavy atom. The summed E-state index contributed by atoms with van der Waals surface area (Å²) in [5, 5.41) is 0.566. The average molecular weight is 318 g/mol. The van der Waals surface area contributed by atoms with Crippen LogP contribution in [-0.2, 0) is 6.54 Å². The second-order valence-electron chi connectivity index (χ2n) is 3.14. The Bertz CT molecular complexity index is 646.